The molecule has 0 spiro atoms. The molecule has 0 aromatic heterocycles. The highest BCUT2D eigenvalue weighted by atomic mass is 16.5. The van der Waals surface area contributed by atoms with E-state index < -0.39 is 0 Å². The fourth-order valence-corrected chi connectivity index (χ4v) is 1.51. The van der Waals surface area contributed by atoms with E-state index in [0.717, 1.165) is 11.3 Å². The second-order valence-electron chi connectivity index (χ2n) is 3.22. The van der Waals surface area contributed by atoms with Gasteiger partial charge in [0, 0.05) is 0 Å². The minimum Gasteiger partial charge on any atom is -0.492 e. The van der Waals surface area contributed by atoms with E-state index in [0.29, 0.717) is 13.0 Å². The van der Waals surface area contributed by atoms with Gasteiger partial charge in [-0.2, -0.15) is 0 Å². The van der Waals surface area contributed by atoms with E-state index in [-0.39, 0.29) is 11.8 Å². The molecule has 1 aromatic carbocycles. The lowest BCUT2D eigenvalue weighted by Crippen LogP contribution is -2.33. The third-order valence-electron chi connectivity index (χ3n) is 2.28. The van der Waals surface area contributed by atoms with Crippen LogP contribution in [0.4, 0.5) is 0 Å². The second-order valence-corrected chi connectivity index (χ2v) is 3.22. The Labute approximate surface area is 76.5 Å². The van der Waals surface area contributed by atoms with E-state index in [9.17, 15) is 4.79 Å². The summed E-state index contributed by atoms with van der Waals surface area (Å²) in [5.41, 5.74) is 6.27. The summed E-state index contributed by atoms with van der Waals surface area (Å²) in [7, 11) is 0. The molecule has 3 nitrogen and oxygen atoms in total. The molecule has 2 rings (SSSR count). The van der Waals surface area contributed by atoms with Gasteiger partial charge in [0.15, 0.2) is 0 Å². The molecule has 13 heavy (non-hydrogen) atoms. The van der Waals surface area contributed by atoms with Gasteiger partial charge in [-0.15, -0.1) is 0 Å². The first-order valence-electron chi connectivity index (χ1n) is 4.27. The number of benzene rings is 1. The van der Waals surface area contributed by atoms with Gasteiger partial charge in [0.05, 0.1) is 5.92 Å². The van der Waals surface area contributed by atoms with Crippen molar-refractivity contribution in [1.29, 1.82) is 0 Å². The van der Waals surface area contributed by atoms with Crippen molar-refractivity contribution in [3.63, 3.8) is 0 Å². The van der Waals surface area contributed by atoms with Crippen LogP contribution in [0.2, 0.25) is 0 Å². The number of hydrogen-bond acceptors (Lipinski definition) is 2. The predicted molar refractivity (Wildman–Crippen MR) is 48.3 cm³/mol. The Bertz CT molecular complexity index is 335. The Hall–Kier alpha value is -1.51. The number of hydrogen-bond donors (Lipinski definition) is 1. The zero-order chi connectivity index (χ0) is 9.26. The zero-order valence-electron chi connectivity index (χ0n) is 7.19. The molecule has 0 bridgehead atoms. The van der Waals surface area contributed by atoms with Crippen LogP contribution in [-0.2, 0) is 11.2 Å². The third-order valence-corrected chi connectivity index (χ3v) is 2.28. The average molecular weight is 177 g/mol. The highest BCUT2D eigenvalue weighted by molar-refractivity contribution is 5.77. The van der Waals surface area contributed by atoms with Crippen molar-refractivity contribution in [2.45, 2.75) is 6.42 Å². The molecule has 0 unspecified atom stereocenters. The summed E-state index contributed by atoms with van der Waals surface area (Å²) >= 11 is 0. The Morgan fingerprint density at radius 3 is 3.00 bits per heavy atom. The molecule has 1 heterocycles. The number of carbonyl (C=O) groups excluding carboxylic acids is 1. The largest absolute Gasteiger partial charge is 0.492 e. The minimum atomic E-state index is -0.283. The van der Waals surface area contributed by atoms with Gasteiger partial charge >= 0.3 is 0 Å². The summed E-state index contributed by atoms with van der Waals surface area (Å²) in [6, 6.07) is 7.73. The highest BCUT2D eigenvalue weighted by Gasteiger charge is 2.23. The SMILES string of the molecule is NC(=O)[C@H]1COc2ccccc2C1. The van der Waals surface area contributed by atoms with E-state index in [1.807, 2.05) is 24.3 Å². The van der Waals surface area contributed by atoms with Crippen molar-refractivity contribution >= 4 is 5.91 Å². The molecular weight excluding hydrogens is 166 g/mol. The van der Waals surface area contributed by atoms with Crippen LogP contribution in [0.5, 0.6) is 5.75 Å². The number of carbonyl (C=O) groups is 1. The summed E-state index contributed by atoms with van der Waals surface area (Å²) in [5.74, 6) is 0.421. The molecule has 0 aliphatic carbocycles. The summed E-state index contributed by atoms with van der Waals surface area (Å²) in [5, 5.41) is 0. The van der Waals surface area contributed by atoms with Gasteiger partial charge in [-0.05, 0) is 18.1 Å². The molecule has 1 amide bonds. The Morgan fingerprint density at radius 1 is 1.46 bits per heavy atom. The highest BCUT2D eigenvalue weighted by Crippen LogP contribution is 2.26. The second kappa shape index (κ2) is 3.09. The maximum absolute atomic E-state index is 10.9. The third kappa shape index (κ3) is 1.49. The van der Waals surface area contributed by atoms with E-state index in [1.165, 1.54) is 0 Å². The van der Waals surface area contributed by atoms with Crippen LogP contribution >= 0.6 is 0 Å². The molecular formula is C10H11NO2. The molecule has 0 saturated heterocycles. The summed E-state index contributed by atoms with van der Waals surface area (Å²) in [6.45, 7) is 0.409. The van der Waals surface area contributed by atoms with Crippen LogP contribution in [0, 0.1) is 5.92 Å². The van der Waals surface area contributed by atoms with Crippen molar-refractivity contribution < 1.29 is 9.53 Å². The lowest BCUT2D eigenvalue weighted by atomic mass is 9.96. The van der Waals surface area contributed by atoms with Gasteiger partial charge in [0.2, 0.25) is 5.91 Å². The van der Waals surface area contributed by atoms with Crippen molar-refractivity contribution in [2.75, 3.05) is 6.61 Å². The van der Waals surface area contributed by atoms with Gasteiger partial charge in [-0.3, -0.25) is 4.79 Å². The first-order valence-corrected chi connectivity index (χ1v) is 4.27. The Kier molecular flexibility index (Phi) is 1.93. The Morgan fingerprint density at radius 2 is 2.23 bits per heavy atom. The molecule has 1 aromatic rings. The molecule has 68 valence electrons. The zero-order valence-corrected chi connectivity index (χ0v) is 7.19. The number of para-hydroxylation sites is 1. The van der Waals surface area contributed by atoms with E-state index in [1.54, 1.807) is 0 Å². The van der Waals surface area contributed by atoms with Crippen molar-refractivity contribution in [3.8, 4) is 5.75 Å². The number of fused-ring (bicyclic) bond motifs is 1. The molecule has 1 aliphatic rings. The molecule has 0 saturated carbocycles. The fraction of sp³-hybridized carbons (Fsp3) is 0.300. The van der Waals surface area contributed by atoms with Crippen molar-refractivity contribution in [3.05, 3.63) is 29.8 Å². The van der Waals surface area contributed by atoms with Crippen LogP contribution < -0.4 is 10.5 Å². The lowest BCUT2D eigenvalue weighted by molar-refractivity contribution is -0.123. The number of nitrogens with two attached hydrogens (primary N) is 1. The monoisotopic (exact) mass is 177 g/mol. The van der Waals surface area contributed by atoms with Crippen LogP contribution in [0.15, 0.2) is 24.3 Å². The first-order chi connectivity index (χ1) is 6.27. The Balaban J connectivity index is 2.24. The molecule has 2 N–H and O–H groups in total. The van der Waals surface area contributed by atoms with Crippen LogP contribution in [-0.4, -0.2) is 12.5 Å². The molecule has 1 atom stereocenters. The summed E-state index contributed by atoms with van der Waals surface area (Å²) < 4.78 is 5.40. The van der Waals surface area contributed by atoms with Crippen molar-refractivity contribution in [2.24, 2.45) is 11.7 Å². The first kappa shape index (κ1) is 8.10. The van der Waals surface area contributed by atoms with E-state index >= 15 is 0 Å². The number of ether oxygens (including phenoxy) is 1. The average Bonchev–Trinajstić information content (AvgIpc) is 2.17. The van der Waals surface area contributed by atoms with Crippen LogP contribution in [0.3, 0.4) is 0 Å². The van der Waals surface area contributed by atoms with Gasteiger partial charge in [0.25, 0.3) is 0 Å². The van der Waals surface area contributed by atoms with Crippen molar-refractivity contribution in [1.82, 2.24) is 0 Å². The lowest BCUT2D eigenvalue weighted by Gasteiger charge is -2.22. The molecule has 1 aliphatic heterocycles. The standard InChI is InChI=1S/C10H11NO2/c11-10(12)8-5-7-3-1-2-4-9(7)13-6-8/h1-4,8H,5-6H2,(H2,11,12)/t8-/m1/s1. The quantitative estimate of drug-likeness (QED) is 0.687. The van der Waals surface area contributed by atoms with Crippen LogP contribution in [0.1, 0.15) is 5.56 Å². The maximum Gasteiger partial charge on any atom is 0.224 e. The van der Waals surface area contributed by atoms with Gasteiger partial charge in [-0.1, -0.05) is 18.2 Å². The topological polar surface area (TPSA) is 52.3 Å². The van der Waals surface area contributed by atoms with E-state index in [4.69, 9.17) is 10.5 Å². The summed E-state index contributed by atoms with van der Waals surface area (Å²) in [4.78, 5) is 10.9. The smallest absolute Gasteiger partial charge is 0.224 e. The van der Waals surface area contributed by atoms with E-state index in [2.05, 4.69) is 0 Å². The van der Waals surface area contributed by atoms with Crippen LogP contribution in [0.25, 0.3) is 0 Å². The fourth-order valence-electron chi connectivity index (χ4n) is 1.51. The number of rotatable bonds is 1. The normalized spacial score (nSPS) is 20.2. The van der Waals surface area contributed by atoms with Gasteiger partial charge in [-0.25, -0.2) is 0 Å². The number of amides is 1. The minimum absolute atomic E-state index is 0.171. The molecule has 0 fully saturated rings. The molecule has 3 heteroatoms. The number of primary amides is 1. The van der Waals surface area contributed by atoms with Gasteiger partial charge < -0.3 is 10.5 Å². The van der Waals surface area contributed by atoms with Gasteiger partial charge in [0.1, 0.15) is 12.4 Å². The summed E-state index contributed by atoms with van der Waals surface area (Å²) in [6.07, 6.45) is 0.700. The predicted octanol–water partition coefficient (Wildman–Crippen LogP) is 0.723. The molecule has 0 radical (unpaired) electrons. The maximum atomic E-state index is 10.9.